The largest absolute Gasteiger partial charge is 0.320 e. The summed E-state index contributed by atoms with van der Waals surface area (Å²) in [4.78, 5) is 0.852. The molecule has 7 heteroatoms. The van der Waals surface area contributed by atoms with Crippen LogP contribution in [0.4, 0.5) is 0 Å². The highest BCUT2D eigenvalue weighted by Crippen LogP contribution is 2.13. The number of hydrogen-bond acceptors (Lipinski definition) is 4. The molecule has 0 atom stereocenters. The van der Waals surface area contributed by atoms with Gasteiger partial charge in [-0.2, -0.15) is 13.1 Å². The Labute approximate surface area is 92.7 Å². The second kappa shape index (κ2) is 5.25. The van der Waals surface area contributed by atoms with Crippen molar-refractivity contribution in [1.29, 1.82) is 0 Å². The summed E-state index contributed by atoms with van der Waals surface area (Å²) >= 11 is 1.41. The summed E-state index contributed by atoms with van der Waals surface area (Å²) in [7, 11) is -3.63. The third-order valence-corrected chi connectivity index (χ3v) is 2.92. The van der Waals surface area contributed by atoms with E-state index >= 15 is 0 Å². The average molecular weight is 245 g/mol. The summed E-state index contributed by atoms with van der Waals surface area (Å²) in [6.45, 7) is 0.494. The van der Waals surface area contributed by atoms with Gasteiger partial charge in [0.05, 0.1) is 6.54 Å². The Hall–Kier alpha value is -0.910. The van der Waals surface area contributed by atoms with Crippen molar-refractivity contribution in [2.45, 2.75) is 6.54 Å². The van der Waals surface area contributed by atoms with Gasteiger partial charge < -0.3 is 5.73 Å². The quantitative estimate of drug-likeness (QED) is 0.617. The highest BCUT2D eigenvalue weighted by Gasteiger charge is 2.03. The van der Waals surface area contributed by atoms with Gasteiger partial charge in [0.1, 0.15) is 0 Å². The van der Waals surface area contributed by atoms with E-state index in [1.807, 2.05) is 5.38 Å². The molecule has 0 spiro atoms. The fraction of sp³-hybridized carbons (Fsp3) is 0.250. The lowest BCUT2D eigenvalue weighted by atomic mass is 10.3. The van der Waals surface area contributed by atoms with Gasteiger partial charge in [0.2, 0.25) is 0 Å². The van der Waals surface area contributed by atoms with Crippen LogP contribution in [-0.2, 0) is 16.8 Å². The Morgan fingerprint density at radius 3 is 2.87 bits per heavy atom. The molecule has 0 bridgehead atoms. The second-order valence-corrected chi connectivity index (χ2v) is 5.05. The molecular weight excluding hydrogens is 234 g/mol. The third kappa shape index (κ3) is 4.92. The lowest BCUT2D eigenvalue weighted by molar-refractivity contribution is 0.583. The Bertz CT molecular complexity index is 481. The molecule has 0 aliphatic rings. The fourth-order valence-corrected chi connectivity index (χ4v) is 2.07. The summed E-state index contributed by atoms with van der Waals surface area (Å²) in [5, 5.41) is 6.63. The topological polar surface area (TPSA) is 98.2 Å². The van der Waals surface area contributed by atoms with Gasteiger partial charge in [0.25, 0.3) is 10.2 Å². The zero-order valence-electron chi connectivity index (χ0n) is 7.86. The van der Waals surface area contributed by atoms with E-state index < -0.39 is 10.2 Å². The van der Waals surface area contributed by atoms with Crippen LogP contribution in [0.5, 0.6) is 0 Å². The van der Waals surface area contributed by atoms with E-state index in [2.05, 4.69) is 16.6 Å². The molecule has 5 nitrogen and oxygen atoms in total. The van der Waals surface area contributed by atoms with E-state index in [-0.39, 0.29) is 6.54 Å². The Kier molecular flexibility index (Phi) is 4.26. The van der Waals surface area contributed by atoms with E-state index in [9.17, 15) is 8.42 Å². The third-order valence-electron chi connectivity index (χ3n) is 1.44. The Morgan fingerprint density at radius 1 is 1.53 bits per heavy atom. The minimum Gasteiger partial charge on any atom is -0.320 e. The second-order valence-electron chi connectivity index (χ2n) is 2.67. The van der Waals surface area contributed by atoms with Gasteiger partial charge in [-0.15, -0.1) is 11.3 Å². The van der Waals surface area contributed by atoms with Gasteiger partial charge in [0.15, 0.2) is 0 Å². The molecule has 0 aliphatic carbocycles. The van der Waals surface area contributed by atoms with E-state index in [1.54, 1.807) is 6.07 Å². The van der Waals surface area contributed by atoms with Crippen molar-refractivity contribution in [3.63, 3.8) is 0 Å². The predicted octanol–water partition coefficient (Wildman–Crippen LogP) is -0.649. The molecule has 0 fully saturated rings. The number of rotatable bonds is 3. The van der Waals surface area contributed by atoms with Crippen LogP contribution in [-0.4, -0.2) is 15.0 Å². The molecule has 82 valence electrons. The number of nitrogens with one attached hydrogen (secondary N) is 1. The smallest absolute Gasteiger partial charge is 0.274 e. The standard InChI is InChI=1S/C8H11N3O2S2/c9-3-1-2-7-4-8(14-6-7)5-11-15(10,12)13/h4,6,11H,3,5,9H2,(H2,10,12,13). The maximum atomic E-state index is 10.6. The van der Waals surface area contributed by atoms with Crippen LogP contribution in [0.2, 0.25) is 0 Å². The van der Waals surface area contributed by atoms with Crippen molar-refractivity contribution in [2.75, 3.05) is 6.54 Å². The molecule has 1 rings (SSSR count). The summed E-state index contributed by atoms with van der Waals surface area (Å²) in [5.74, 6) is 5.56. The average Bonchev–Trinajstić information content (AvgIpc) is 2.58. The zero-order chi connectivity index (χ0) is 11.3. The molecule has 0 aliphatic heterocycles. The molecule has 0 amide bonds. The van der Waals surface area contributed by atoms with Crippen molar-refractivity contribution in [3.05, 3.63) is 21.9 Å². The number of thiophene rings is 1. The predicted molar refractivity (Wildman–Crippen MR) is 60.2 cm³/mol. The highest BCUT2D eigenvalue weighted by atomic mass is 32.2. The fourth-order valence-electron chi connectivity index (χ4n) is 0.864. The minimum atomic E-state index is -3.63. The number of hydrogen-bond donors (Lipinski definition) is 3. The van der Waals surface area contributed by atoms with Crippen molar-refractivity contribution in [3.8, 4) is 11.8 Å². The molecule has 5 N–H and O–H groups in total. The van der Waals surface area contributed by atoms with Gasteiger partial charge in [-0.25, -0.2) is 5.14 Å². The van der Waals surface area contributed by atoms with Crippen LogP contribution >= 0.6 is 11.3 Å². The van der Waals surface area contributed by atoms with Crippen molar-refractivity contribution < 1.29 is 8.42 Å². The van der Waals surface area contributed by atoms with Crippen LogP contribution in [0, 0.1) is 11.8 Å². The maximum absolute atomic E-state index is 10.6. The van der Waals surface area contributed by atoms with Crippen LogP contribution < -0.4 is 15.6 Å². The van der Waals surface area contributed by atoms with E-state index in [0.29, 0.717) is 6.54 Å². The first-order chi connectivity index (χ1) is 7.01. The molecule has 1 aromatic rings. The summed E-state index contributed by atoms with van der Waals surface area (Å²) < 4.78 is 23.4. The molecule has 0 unspecified atom stereocenters. The first kappa shape index (κ1) is 12.2. The van der Waals surface area contributed by atoms with Crippen LogP contribution in [0.1, 0.15) is 10.4 Å². The highest BCUT2D eigenvalue weighted by molar-refractivity contribution is 7.87. The van der Waals surface area contributed by atoms with E-state index in [4.69, 9.17) is 10.9 Å². The van der Waals surface area contributed by atoms with Gasteiger partial charge >= 0.3 is 0 Å². The van der Waals surface area contributed by atoms with E-state index in [0.717, 1.165) is 10.4 Å². The maximum Gasteiger partial charge on any atom is 0.274 e. The molecule has 15 heavy (non-hydrogen) atoms. The van der Waals surface area contributed by atoms with Crippen LogP contribution in [0.15, 0.2) is 11.4 Å². The van der Waals surface area contributed by atoms with Crippen LogP contribution in [0.25, 0.3) is 0 Å². The lowest BCUT2D eigenvalue weighted by Gasteiger charge is -1.97. The Balaban J connectivity index is 2.61. The Morgan fingerprint density at radius 2 is 2.27 bits per heavy atom. The zero-order valence-corrected chi connectivity index (χ0v) is 9.49. The van der Waals surface area contributed by atoms with Crippen molar-refractivity contribution in [1.82, 2.24) is 4.72 Å². The van der Waals surface area contributed by atoms with Crippen molar-refractivity contribution >= 4 is 21.5 Å². The first-order valence-corrected chi connectivity index (χ1v) is 6.47. The first-order valence-electron chi connectivity index (χ1n) is 4.05. The van der Waals surface area contributed by atoms with Crippen LogP contribution in [0.3, 0.4) is 0 Å². The molecule has 0 aromatic carbocycles. The van der Waals surface area contributed by atoms with E-state index in [1.165, 1.54) is 11.3 Å². The summed E-state index contributed by atoms with van der Waals surface area (Å²) in [6, 6.07) is 1.80. The summed E-state index contributed by atoms with van der Waals surface area (Å²) in [6.07, 6.45) is 0. The normalized spacial score (nSPS) is 10.8. The summed E-state index contributed by atoms with van der Waals surface area (Å²) in [5.41, 5.74) is 6.05. The van der Waals surface area contributed by atoms with Gasteiger partial charge in [-0.1, -0.05) is 11.8 Å². The van der Waals surface area contributed by atoms with Crippen molar-refractivity contribution in [2.24, 2.45) is 10.9 Å². The SMILES string of the molecule is NCC#Cc1csc(CNS(N)(=O)=O)c1. The number of nitrogens with two attached hydrogens (primary N) is 2. The lowest BCUT2D eigenvalue weighted by Crippen LogP contribution is -2.29. The molecule has 1 aromatic heterocycles. The van der Waals surface area contributed by atoms with Gasteiger partial charge in [-0.3, -0.25) is 0 Å². The molecule has 0 radical (unpaired) electrons. The molecular formula is C8H11N3O2S2. The minimum absolute atomic E-state index is 0.188. The van der Waals surface area contributed by atoms with Gasteiger partial charge in [-0.05, 0) is 6.07 Å². The molecule has 0 saturated heterocycles. The molecule has 1 heterocycles. The molecule has 0 saturated carbocycles. The monoisotopic (exact) mass is 245 g/mol. The van der Waals surface area contributed by atoms with Gasteiger partial charge in [0, 0.05) is 22.4 Å².